The first-order valence-corrected chi connectivity index (χ1v) is 7.90. The largest absolute Gasteiger partial charge is 0.373 e. The van der Waals surface area contributed by atoms with E-state index in [0.717, 1.165) is 30.3 Å². The second-order valence-corrected chi connectivity index (χ2v) is 5.82. The van der Waals surface area contributed by atoms with Gasteiger partial charge in [-0.2, -0.15) is 0 Å². The summed E-state index contributed by atoms with van der Waals surface area (Å²) in [6.45, 7) is 4.10. The van der Waals surface area contributed by atoms with Gasteiger partial charge in [-0.05, 0) is 13.3 Å². The van der Waals surface area contributed by atoms with Gasteiger partial charge in [-0.25, -0.2) is 9.97 Å². The van der Waals surface area contributed by atoms with Crippen LogP contribution in [0.5, 0.6) is 0 Å². The molecule has 5 nitrogen and oxygen atoms in total. The van der Waals surface area contributed by atoms with Gasteiger partial charge in [0.2, 0.25) is 0 Å². The second kappa shape index (κ2) is 7.31. The molecule has 1 heterocycles. The Morgan fingerprint density at radius 3 is 2.61 bits per heavy atom. The van der Waals surface area contributed by atoms with Crippen LogP contribution >= 0.6 is 0 Å². The highest BCUT2D eigenvalue weighted by molar-refractivity contribution is 7.84. The Hall–Kier alpha value is -1.17. The summed E-state index contributed by atoms with van der Waals surface area (Å²) in [5.74, 6) is 3.16. The quantitative estimate of drug-likeness (QED) is 0.788. The van der Waals surface area contributed by atoms with Crippen molar-refractivity contribution in [2.75, 3.05) is 29.7 Å². The number of aromatic nitrogens is 2. The van der Waals surface area contributed by atoms with E-state index in [1.165, 1.54) is 0 Å². The molecular weight excluding hydrogens is 248 g/mol. The molecule has 0 bridgehead atoms. The normalized spacial score (nSPS) is 14.0. The maximum absolute atomic E-state index is 11.0. The van der Waals surface area contributed by atoms with Gasteiger partial charge < -0.3 is 10.6 Å². The van der Waals surface area contributed by atoms with E-state index in [1.54, 1.807) is 6.26 Å². The maximum Gasteiger partial charge on any atom is 0.132 e. The van der Waals surface area contributed by atoms with E-state index in [2.05, 4.69) is 27.5 Å². The predicted molar refractivity (Wildman–Crippen MR) is 77.6 cm³/mol. The lowest BCUT2D eigenvalue weighted by molar-refractivity contribution is 0.678. The third kappa shape index (κ3) is 5.00. The fourth-order valence-corrected chi connectivity index (χ4v) is 2.21. The molecule has 0 saturated heterocycles. The molecule has 1 aromatic heterocycles. The Bertz CT molecular complexity index is 389. The highest BCUT2D eigenvalue weighted by Crippen LogP contribution is 2.13. The van der Waals surface area contributed by atoms with E-state index in [9.17, 15) is 4.21 Å². The van der Waals surface area contributed by atoms with Gasteiger partial charge in [-0.1, -0.05) is 6.92 Å². The van der Waals surface area contributed by atoms with Gasteiger partial charge in [-0.15, -0.1) is 0 Å². The maximum atomic E-state index is 11.0. The lowest BCUT2D eigenvalue weighted by atomic mass is 10.2. The van der Waals surface area contributed by atoms with Crippen molar-refractivity contribution >= 4 is 22.4 Å². The Kier molecular flexibility index (Phi) is 6.04. The van der Waals surface area contributed by atoms with E-state index in [4.69, 9.17) is 0 Å². The molecule has 2 atom stereocenters. The average Bonchev–Trinajstić information content (AvgIpc) is 2.35. The number of anilines is 2. The summed E-state index contributed by atoms with van der Waals surface area (Å²) in [5, 5.41) is 6.35. The summed E-state index contributed by atoms with van der Waals surface area (Å²) < 4.78 is 11.0. The van der Waals surface area contributed by atoms with Crippen LogP contribution in [0.2, 0.25) is 0 Å². The molecule has 1 aromatic rings. The predicted octanol–water partition coefficient (Wildman–Crippen LogP) is 1.65. The number of rotatable bonds is 7. The summed E-state index contributed by atoms with van der Waals surface area (Å²) in [6.07, 6.45) is 3.40. The lowest BCUT2D eigenvalue weighted by Crippen LogP contribution is -2.19. The third-order valence-electron chi connectivity index (χ3n) is 2.58. The monoisotopic (exact) mass is 270 g/mol. The number of hydrogen-bond donors (Lipinski definition) is 2. The van der Waals surface area contributed by atoms with Crippen LogP contribution in [0.25, 0.3) is 0 Å². The van der Waals surface area contributed by atoms with Crippen LogP contribution in [-0.4, -0.2) is 39.3 Å². The third-order valence-corrected chi connectivity index (χ3v) is 3.39. The standard InChI is InChI=1S/C12H22N4OS/c1-5-10-15-11(13-3)8-12(16-10)14-9(2)6-7-18(4)17/h8-9H,5-7H2,1-4H3,(H2,13,14,15,16). The van der Waals surface area contributed by atoms with Crippen LogP contribution in [0.1, 0.15) is 26.1 Å². The number of nitrogens with one attached hydrogen (secondary N) is 2. The van der Waals surface area contributed by atoms with E-state index < -0.39 is 10.8 Å². The highest BCUT2D eigenvalue weighted by atomic mass is 32.2. The van der Waals surface area contributed by atoms with Gasteiger partial charge in [0.25, 0.3) is 0 Å². The topological polar surface area (TPSA) is 66.9 Å². The van der Waals surface area contributed by atoms with E-state index in [1.807, 2.05) is 20.0 Å². The number of aryl methyl sites for hydroxylation is 1. The molecule has 0 radical (unpaired) electrons. The average molecular weight is 270 g/mol. The van der Waals surface area contributed by atoms with E-state index in [-0.39, 0.29) is 6.04 Å². The number of hydrogen-bond acceptors (Lipinski definition) is 5. The molecule has 2 N–H and O–H groups in total. The Morgan fingerprint density at radius 1 is 1.39 bits per heavy atom. The molecule has 18 heavy (non-hydrogen) atoms. The van der Waals surface area contributed by atoms with Crippen molar-refractivity contribution in [3.63, 3.8) is 0 Å². The van der Waals surface area contributed by atoms with Gasteiger partial charge in [0.05, 0.1) is 0 Å². The Morgan fingerprint density at radius 2 is 2.06 bits per heavy atom. The molecule has 0 spiro atoms. The van der Waals surface area contributed by atoms with Gasteiger partial charge in [0, 0.05) is 48.4 Å². The van der Waals surface area contributed by atoms with Crippen molar-refractivity contribution in [1.29, 1.82) is 0 Å². The zero-order valence-electron chi connectivity index (χ0n) is 11.5. The Labute approximate surface area is 111 Å². The van der Waals surface area contributed by atoms with Crippen molar-refractivity contribution < 1.29 is 4.21 Å². The van der Waals surface area contributed by atoms with Gasteiger partial charge in [-0.3, -0.25) is 4.21 Å². The minimum atomic E-state index is -0.741. The SMILES string of the molecule is CCc1nc(NC)cc(NC(C)CCS(C)=O)n1. The molecule has 0 fully saturated rings. The zero-order chi connectivity index (χ0) is 13.5. The summed E-state index contributed by atoms with van der Waals surface area (Å²) in [5.41, 5.74) is 0. The highest BCUT2D eigenvalue weighted by Gasteiger charge is 2.07. The van der Waals surface area contributed by atoms with Crippen molar-refractivity contribution in [2.45, 2.75) is 32.7 Å². The molecule has 0 aliphatic rings. The molecule has 2 unspecified atom stereocenters. The van der Waals surface area contributed by atoms with Crippen LogP contribution in [-0.2, 0) is 17.2 Å². The molecule has 0 amide bonds. The van der Waals surface area contributed by atoms with Crippen LogP contribution in [0.15, 0.2) is 6.07 Å². The first-order valence-electron chi connectivity index (χ1n) is 6.17. The smallest absolute Gasteiger partial charge is 0.132 e. The zero-order valence-corrected chi connectivity index (χ0v) is 12.3. The van der Waals surface area contributed by atoms with E-state index >= 15 is 0 Å². The summed E-state index contributed by atoms with van der Waals surface area (Å²) in [6, 6.07) is 2.14. The first-order chi connectivity index (χ1) is 8.55. The van der Waals surface area contributed by atoms with Crippen molar-refractivity contribution in [3.8, 4) is 0 Å². The molecule has 1 rings (SSSR count). The van der Waals surface area contributed by atoms with Crippen molar-refractivity contribution in [3.05, 3.63) is 11.9 Å². The van der Waals surface area contributed by atoms with Gasteiger partial charge in [0.15, 0.2) is 0 Å². The number of nitrogens with zero attached hydrogens (tertiary/aromatic N) is 2. The minimum absolute atomic E-state index is 0.248. The van der Waals surface area contributed by atoms with Crippen molar-refractivity contribution in [2.24, 2.45) is 0 Å². The van der Waals surface area contributed by atoms with Crippen LogP contribution in [0.4, 0.5) is 11.6 Å². The Balaban J connectivity index is 2.67. The minimum Gasteiger partial charge on any atom is -0.373 e. The fraction of sp³-hybridized carbons (Fsp3) is 0.667. The molecule has 0 aromatic carbocycles. The summed E-state index contributed by atoms with van der Waals surface area (Å²) >= 11 is 0. The summed E-state index contributed by atoms with van der Waals surface area (Å²) in [7, 11) is 1.10. The van der Waals surface area contributed by atoms with Crippen LogP contribution in [0.3, 0.4) is 0 Å². The molecule has 102 valence electrons. The van der Waals surface area contributed by atoms with Gasteiger partial charge >= 0.3 is 0 Å². The molecule has 0 aliphatic heterocycles. The van der Waals surface area contributed by atoms with Crippen LogP contribution in [0, 0.1) is 0 Å². The first kappa shape index (κ1) is 14.9. The molecular formula is C12H22N4OS. The van der Waals surface area contributed by atoms with Gasteiger partial charge in [0.1, 0.15) is 17.5 Å². The molecule has 6 heteroatoms. The van der Waals surface area contributed by atoms with E-state index in [0.29, 0.717) is 5.75 Å². The second-order valence-electron chi connectivity index (χ2n) is 4.27. The van der Waals surface area contributed by atoms with Crippen molar-refractivity contribution in [1.82, 2.24) is 9.97 Å². The lowest BCUT2D eigenvalue weighted by Gasteiger charge is -2.15. The fourth-order valence-electron chi connectivity index (χ4n) is 1.52. The van der Waals surface area contributed by atoms with Crippen LogP contribution < -0.4 is 10.6 Å². The molecule has 0 aliphatic carbocycles. The summed E-state index contributed by atoms with van der Waals surface area (Å²) in [4.78, 5) is 8.77. The molecule has 0 saturated carbocycles.